The Bertz CT molecular complexity index is 1490. The molecule has 4 rings (SSSR count). The number of para-hydroxylation sites is 2. The van der Waals surface area contributed by atoms with Gasteiger partial charge in [-0.1, -0.05) is 54.6 Å². The van der Waals surface area contributed by atoms with Gasteiger partial charge in [0.05, 0.1) is 22.6 Å². The zero-order chi connectivity index (χ0) is 27.2. The van der Waals surface area contributed by atoms with Crippen molar-refractivity contribution in [3.8, 4) is 5.75 Å². The molecule has 0 aliphatic carbocycles. The van der Waals surface area contributed by atoms with Crippen molar-refractivity contribution in [3.63, 3.8) is 0 Å². The first kappa shape index (κ1) is 26.9. The van der Waals surface area contributed by atoms with Crippen LogP contribution in [0.2, 0.25) is 0 Å². The van der Waals surface area contributed by atoms with Crippen LogP contribution in [0.25, 0.3) is 10.8 Å². The van der Waals surface area contributed by atoms with E-state index in [0.29, 0.717) is 22.1 Å². The number of carbonyl (C=O) groups is 1. The second-order valence-corrected chi connectivity index (χ2v) is 9.82. The van der Waals surface area contributed by atoms with Gasteiger partial charge in [0.25, 0.3) is 5.91 Å². The SMILES string of the molecule is CC(CN(c1ccccc1NC(=O)c1cc2ccccc2c(N=Nc2ccccc2)c1O)S(=O)[O-])N(C)C. The fraction of sp³-hybridized carbons (Fsp3) is 0.179. The van der Waals surface area contributed by atoms with Gasteiger partial charge < -0.3 is 19.9 Å². The van der Waals surface area contributed by atoms with Crippen molar-refractivity contribution in [1.82, 2.24) is 4.90 Å². The van der Waals surface area contributed by atoms with Gasteiger partial charge in [-0.05, 0) is 56.7 Å². The number of hydrogen-bond donors (Lipinski definition) is 2. The highest BCUT2D eigenvalue weighted by atomic mass is 32.2. The van der Waals surface area contributed by atoms with E-state index < -0.39 is 17.2 Å². The number of aromatic hydroxyl groups is 1. The standard InChI is InChI=1S/C28H29N5O4S/c1-19(32(2)3)18-33(38(36)37)25-16-10-9-15-24(25)29-28(35)23-17-20-11-7-8-14-22(20)26(27(23)34)31-30-21-12-5-4-6-13-21/h4-17,19,34H,18H2,1-3H3,(H,29,35)(H,36,37)/p-1. The first-order valence-electron chi connectivity index (χ1n) is 11.9. The second-order valence-electron chi connectivity index (χ2n) is 8.94. The van der Waals surface area contributed by atoms with Gasteiger partial charge in [0.15, 0.2) is 5.75 Å². The molecule has 4 aromatic carbocycles. The number of carbonyl (C=O) groups excluding carboxylic acids is 1. The summed E-state index contributed by atoms with van der Waals surface area (Å²) in [5.41, 5.74) is 1.33. The van der Waals surface area contributed by atoms with E-state index >= 15 is 0 Å². The van der Waals surface area contributed by atoms with E-state index in [4.69, 9.17) is 0 Å². The van der Waals surface area contributed by atoms with Gasteiger partial charge in [-0.25, -0.2) is 0 Å². The Hall–Kier alpha value is -4.12. The molecule has 0 saturated carbocycles. The van der Waals surface area contributed by atoms with Gasteiger partial charge in [-0.2, -0.15) is 5.11 Å². The van der Waals surface area contributed by atoms with Crippen molar-refractivity contribution in [1.29, 1.82) is 0 Å². The fourth-order valence-electron chi connectivity index (χ4n) is 3.82. The summed E-state index contributed by atoms with van der Waals surface area (Å²) >= 11 is -2.58. The largest absolute Gasteiger partial charge is 0.755 e. The molecule has 0 radical (unpaired) electrons. The number of fused-ring (bicyclic) bond motifs is 1. The van der Waals surface area contributed by atoms with Crippen molar-refractivity contribution in [2.75, 3.05) is 30.3 Å². The first-order valence-corrected chi connectivity index (χ1v) is 12.9. The zero-order valence-corrected chi connectivity index (χ0v) is 22.1. The molecule has 4 aromatic rings. The Morgan fingerprint density at radius 1 is 1.00 bits per heavy atom. The van der Waals surface area contributed by atoms with Gasteiger partial charge in [0.1, 0.15) is 5.69 Å². The normalized spacial score (nSPS) is 13.1. The minimum atomic E-state index is -2.58. The molecule has 9 nitrogen and oxygen atoms in total. The van der Waals surface area contributed by atoms with Gasteiger partial charge in [0, 0.05) is 29.2 Å². The van der Waals surface area contributed by atoms with Gasteiger partial charge >= 0.3 is 0 Å². The van der Waals surface area contributed by atoms with E-state index in [1.54, 1.807) is 48.5 Å². The van der Waals surface area contributed by atoms with Crippen molar-refractivity contribution in [2.24, 2.45) is 10.2 Å². The average Bonchev–Trinajstić information content (AvgIpc) is 2.91. The Morgan fingerprint density at radius 3 is 2.37 bits per heavy atom. The van der Waals surface area contributed by atoms with Crippen LogP contribution in [0, 0.1) is 0 Å². The lowest BCUT2D eigenvalue weighted by Crippen LogP contribution is -2.39. The first-order chi connectivity index (χ1) is 18.3. The number of likely N-dealkylation sites (N-methyl/N-ethyl adjacent to an activating group) is 1. The van der Waals surface area contributed by atoms with Crippen LogP contribution in [0.4, 0.5) is 22.7 Å². The quantitative estimate of drug-likeness (QED) is 0.210. The molecule has 38 heavy (non-hydrogen) atoms. The van der Waals surface area contributed by atoms with Crippen LogP contribution < -0.4 is 9.62 Å². The molecule has 0 aliphatic rings. The van der Waals surface area contributed by atoms with Crippen LogP contribution in [0.3, 0.4) is 0 Å². The van der Waals surface area contributed by atoms with Crippen LogP contribution in [0.15, 0.2) is 95.2 Å². The maximum Gasteiger partial charge on any atom is 0.259 e. The molecule has 2 atom stereocenters. The number of azo groups is 1. The van der Waals surface area contributed by atoms with Crippen molar-refractivity contribution in [2.45, 2.75) is 13.0 Å². The molecule has 2 unspecified atom stereocenters. The molecule has 196 valence electrons. The van der Waals surface area contributed by atoms with Crippen molar-refractivity contribution >= 4 is 50.7 Å². The number of nitrogens with zero attached hydrogens (tertiary/aromatic N) is 4. The van der Waals surface area contributed by atoms with E-state index in [9.17, 15) is 18.7 Å². The number of anilines is 2. The zero-order valence-electron chi connectivity index (χ0n) is 21.2. The van der Waals surface area contributed by atoms with Crippen LogP contribution in [-0.4, -0.2) is 51.4 Å². The molecule has 0 saturated heterocycles. The molecular weight excluding hydrogens is 502 g/mol. The molecule has 0 heterocycles. The third-order valence-electron chi connectivity index (χ3n) is 6.17. The lowest BCUT2D eigenvalue weighted by atomic mass is 10.0. The Balaban J connectivity index is 1.72. The highest BCUT2D eigenvalue weighted by Gasteiger charge is 2.21. The predicted molar refractivity (Wildman–Crippen MR) is 150 cm³/mol. The van der Waals surface area contributed by atoms with Crippen molar-refractivity contribution in [3.05, 3.63) is 90.5 Å². The average molecular weight is 531 g/mol. The number of phenols is 1. The molecule has 0 bridgehead atoms. The summed E-state index contributed by atoms with van der Waals surface area (Å²) in [7, 11) is 3.72. The van der Waals surface area contributed by atoms with Gasteiger partial charge in [0.2, 0.25) is 0 Å². The topological polar surface area (TPSA) is 121 Å². The summed E-state index contributed by atoms with van der Waals surface area (Å²) in [5.74, 6) is -0.946. The Kier molecular flexibility index (Phi) is 8.47. The molecule has 10 heteroatoms. The molecule has 0 spiro atoms. The lowest BCUT2D eigenvalue weighted by Gasteiger charge is -2.32. The Labute approximate surface area is 223 Å². The molecule has 0 aromatic heterocycles. The fourth-order valence-corrected chi connectivity index (χ4v) is 4.48. The summed E-state index contributed by atoms with van der Waals surface area (Å²) in [5, 5.41) is 23.7. The van der Waals surface area contributed by atoms with Crippen LogP contribution in [0.5, 0.6) is 5.75 Å². The molecule has 2 N–H and O–H groups in total. The summed E-state index contributed by atoms with van der Waals surface area (Å²) in [6.45, 7) is 2.08. The van der Waals surface area contributed by atoms with Crippen LogP contribution in [0.1, 0.15) is 17.3 Å². The third kappa shape index (κ3) is 6.05. The number of amides is 1. The van der Waals surface area contributed by atoms with Gasteiger partial charge in [-0.3, -0.25) is 13.3 Å². The number of rotatable bonds is 9. The molecular formula is C28H28N5O4S-. The summed E-state index contributed by atoms with van der Waals surface area (Å²) in [6.07, 6.45) is 0. The van der Waals surface area contributed by atoms with Crippen LogP contribution in [-0.2, 0) is 11.3 Å². The maximum absolute atomic E-state index is 13.5. The van der Waals surface area contributed by atoms with Crippen molar-refractivity contribution < 1.29 is 18.7 Å². The summed E-state index contributed by atoms with van der Waals surface area (Å²) in [6, 6.07) is 24.4. The second kappa shape index (κ2) is 12.0. The van der Waals surface area contributed by atoms with Gasteiger partial charge in [-0.15, -0.1) is 5.11 Å². The predicted octanol–water partition coefficient (Wildman–Crippen LogP) is 5.76. The molecule has 1 amide bonds. The molecule has 0 fully saturated rings. The highest BCUT2D eigenvalue weighted by molar-refractivity contribution is 7.80. The van der Waals surface area contributed by atoms with E-state index in [2.05, 4.69) is 15.5 Å². The van der Waals surface area contributed by atoms with E-state index in [-0.39, 0.29) is 35.3 Å². The smallest absolute Gasteiger partial charge is 0.259 e. The van der Waals surface area contributed by atoms with E-state index in [1.165, 1.54) is 4.31 Å². The summed E-state index contributed by atoms with van der Waals surface area (Å²) in [4.78, 5) is 15.4. The van der Waals surface area contributed by atoms with E-state index in [0.717, 1.165) is 0 Å². The summed E-state index contributed by atoms with van der Waals surface area (Å²) < 4.78 is 25.5. The number of hydrogen-bond acceptors (Lipinski definition) is 7. The highest BCUT2D eigenvalue weighted by Crippen LogP contribution is 2.40. The number of nitrogens with one attached hydrogen (secondary N) is 1. The minimum absolute atomic E-state index is 0.0167. The Morgan fingerprint density at radius 2 is 1.66 bits per heavy atom. The molecule has 0 aliphatic heterocycles. The number of phenolic OH excluding ortho intramolecular Hbond substituents is 1. The number of benzene rings is 4. The minimum Gasteiger partial charge on any atom is -0.755 e. The monoisotopic (exact) mass is 530 g/mol. The van der Waals surface area contributed by atoms with E-state index in [1.807, 2.05) is 62.3 Å². The third-order valence-corrected chi connectivity index (χ3v) is 6.88. The maximum atomic E-state index is 13.5. The van der Waals surface area contributed by atoms with Crippen LogP contribution >= 0.6 is 0 Å². The lowest BCUT2D eigenvalue weighted by molar-refractivity contribution is 0.102.